The zero-order valence-electron chi connectivity index (χ0n) is 20.3. The number of benzene rings is 2. The number of aryl methyl sites for hydroxylation is 1. The molecule has 0 fully saturated rings. The number of phenols is 1. The second kappa shape index (κ2) is 10.1. The lowest BCUT2D eigenvalue weighted by Gasteiger charge is -2.23. The lowest BCUT2D eigenvalue weighted by Crippen LogP contribution is -2.29. The third-order valence-electron chi connectivity index (χ3n) is 5.94. The normalized spacial score (nSPS) is 14.6. The average molecular weight is 597 g/mol. The number of aromatic hydroxyl groups is 1. The van der Waals surface area contributed by atoms with E-state index in [-0.39, 0.29) is 50.5 Å². The molecule has 0 spiro atoms. The van der Waals surface area contributed by atoms with E-state index in [2.05, 4.69) is 27.5 Å². The fraction of sp³-hybridized carbons (Fsp3) is 0.185. The molecular weight excluding hydrogens is 576 g/mol. The third-order valence-corrected chi connectivity index (χ3v) is 7.57. The van der Waals surface area contributed by atoms with Gasteiger partial charge in [0.1, 0.15) is 17.1 Å². The zero-order chi connectivity index (χ0) is 27.1. The quantitative estimate of drug-likeness (QED) is 0.219. The van der Waals surface area contributed by atoms with E-state index in [9.17, 15) is 19.5 Å². The Morgan fingerprint density at radius 2 is 2.08 bits per heavy atom. The van der Waals surface area contributed by atoms with E-state index in [1.54, 1.807) is 44.2 Å². The second-order valence-electron chi connectivity index (χ2n) is 8.35. The molecule has 9 nitrogen and oxygen atoms in total. The minimum absolute atomic E-state index is 0.0243. The van der Waals surface area contributed by atoms with Crippen LogP contribution in [0.25, 0.3) is 11.0 Å². The van der Waals surface area contributed by atoms with Gasteiger partial charge in [-0.05, 0) is 49.7 Å². The van der Waals surface area contributed by atoms with Gasteiger partial charge in [-0.25, -0.2) is 9.78 Å². The predicted octanol–water partition coefficient (Wildman–Crippen LogP) is 5.52. The minimum atomic E-state index is -0.959. The van der Waals surface area contributed by atoms with Crippen molar-refractivity contribution >= 4 is 55.2 Å². The predicted molar refractivity (Wildman–Crippen MR) is 145 cm³/mol. The summed E-state index contributed by atoms with van der Waals surface area (Å²) in [6.07, 6.45) is 1.45. The molecule has 1 aliphatic heterocycles. The number of hydrogen-bond acceptors (Lipinski definition) is 9. The van der Waals surface area contributed by atoms with Crippen molar-refractivity contribution in [1.82, 2.24) is 4.98 Å². The van der Waals surface area contributed by atoms with Crippen molar-refractivity contribution in [3.05, 3.63) is 91.2 Å². The highest BCUT2D eigenvalue weighted by Gasteiger charge is 2.45. The number of phenolic OH excluding ortho intramolecular Hbond substituents is 1. The fourth-order valence-electron chi connectivity index (χ4n) is 4.30. The number of anilines is 1. The first-order valence-corrected chi connectivity index (χ1v) is 13.2. The summed E-state index contributed by atoms with van der Waals surface area (Å²) >= 11 is 4.36. The standard InChI is InChI=1S/C27H21BrN2O7S/c1-4-10-36-26(34)24-13(3)29-27(38-24)30-21(14-6-8-17(31)19(11-14)35-5-2)20-22(32)16-12-15(28)7-9-18(16)37-23(20)25(30)33/h4,6-9,11-12,21,31H,1,5,10H2,2-3H3. The van der Waals surface area contributed by atoms with Crippen molar-refractivity contribution in [3.63, 3.8) is 0 Å². The van der Waals surface area contributed by atoms with Crippen molar-refractivity contribution in [3.8, 4) is 11.5 Å². The van der Waals surface area contributed by atoms with E-state index in [0.717, 1.165) is 11.3 Å². The molecule has 1 aliphatic rings. The van der Waals surface area contributed by atoms with Crippen molar-refractivity contribution in [1.29, 1.82) is 0 Å². The van der Waals surface area contributed by atoms with Gasteiger partial charge in [0, 0.05) is 4.47 Å². The van der Waals surface area contributed by atoms with Crippen LogP contribution in [0.3, 0.4) is 0 Å². The van der Waals surface area contributed by atoms with Crippen LogP contribution in [-0.4, -0.2) is 35.2 Å². The number of fused-ring (bicyclic) bond motifs is 2. The summed E-state index contributed by atoms with van der Waals surface area (Å²) in [5.41, 5.74) is 0.862. The van der Waals surface area contributed by atoms with Crippen LogP contribution < -0.4 is 15.1 Å². The van der Waals surface area contributed by atoms with Crippen LogP contribution in [-0.2, 0) is 4.74 Å². The Labute approximate surface area is 229 Å². The highest BCUT2D eigenvalue weighted by atomic mass is 79.9. The summed E-state index contributed by atoms with van der Waals surface area (Å²) in [6.45, 7) is 7.27. The number of rotatable bonds is 7. The van der Waals surface area contributed by atoms with E-state index < -0.39 is 17.9 Å². The molecule has 11 heteroatoms. The number of nitrogens with zero attached hydrogens (tertiary/aromatic N) is 2. The minimum Gasteiger partial charge on any atom is -0.504 e. The van der Waals surface area contributed by atoms with Gasteiger partial charge in [-0.3, -0.25) is 14.5 Å². The molecule has 0 aliphatic carbocycles. The van der Waals surface area contributed by atoms with Crippen LogP contribution in [0.2, 0.25) is 0 Å². The molecule has 0 bridgehead atoms. The molecule has 2 aromatic heterocycles. The van der Waals surface area contributed by atoms with Crippen LogP contribution in [0, 0.1) is 6.92 Å². The first kappa shape index (κ1) is 25.7. The molecule has 4 aromatic rings. The Hall–Kier alpha value is -3.96. The lowest BCUT2D eigenvalue weighted by atomic mass is 9.98. The third kappa shape index (κ3) is 4.27. The van der Waals surface area contributed by atoms with Gasteiger partial charge in [0.25, 0.3) is 5.91 Å². The van der Waals surface area contributed by atoms with Gasteiger partial charge in [0.05, 0.1) is 29.3 Å². The Balaban J connectivity index is 1.74. The molecule has 2 aromatic carbocycles. The van der Waals surface area contributed by atoms with Crippen molar-refractivity contribution in [2.45, 2.75) is 19.9 Å². The molecule has 1 unspecified atom stereocenters. The largest absolute Gasteiger partial charge is 0.504 e. The van der Waals surface area contributed by atoms with Crippen LogP contribution in [0.5, 0.6) is 11.5 Å². The average Bonchev–Trinajstić information content (AvgIpc) is 3.42. The highest BCUT2D eigenvalue weighted by molar-refractivity contribution is 9.10. The number of carbonyl (C=O) groups is 2. The van der Waals surface area contributed by atoms with Crippen molar-refractivity contribution in [2.75, 3.05) is 18.1 Å². The maximum Gasteiger partial charge on any atom is 0.350 e. The second-order valence-corrected chi connectivity index (χ2v) is 10.2. The number of amides is 1. The summed E-state index contributed by atoms with van der Waals surface area (Å²) in [5.74, 6) is -1.19. The summed E-state index contributed by atoms with van der Waals surface area (Å²) in [6, 6.07) is 8.61. The molecular formula is C27H21BrN2O7S. The fourth-order valence-corrected chi connectivity index (χ4v) is 5.65. The maximum atomic E-state index is 13.8. The SMILES string of the molecule is C=CCOC(=O)c1sc(N2C(=O)c3oc4ccc(Br)cc4c(=O)c3C2c2ccc(O)c(OCC)c2)nc1C. The molecule has 0 saturated carbocycles. The van der Waals surface area contributed by atoms with Crippen LogP contribution >= 0.6 is 27.3 Å². The summed E-state index contributed by atoms with van der Waals surface area (Å²) in [5, 5.41) is 10.8. The topological polar surface area (TPSA) is 119 Å². The first-order valence-electron chi connectivity index (χ1n) is 11.6. The van der Waals surface area contributed by atoms with Crippen LogP contribution in [0.4, 0.5) is 5.13 Å². The van der Waals surface area contributed by atoms with Gasteiger partial charge in [0.2, 0.25) is 5.76 Å². The summed E-state index contributed by atoms with van der Waals surface area (Å²) in [4.78, 5) is 46.3. The Kier molecular flexibility index (Phi) is 6.80. The molecule has 194 valence electrons. The van der Waals surface area contributed by atoms with Gasteiger partial charge in [0.15, 0.2) is 22.1 Å². The lowest BCUT2D eigenvalue weighted by molar-refractivity contribution is 0.0554. The monoisotopic (exact) mass is 596 g/mol. The summed E-state index contributed by atoms with van der Waals surface area (Å²) < 4.78 is 17.4. The first-order chi connectivity index (χ1) is 18.2. The number of carbonyl (C=O) groups excluding carboxylic acids is 2. The Bertz CT molecular complexity index is 1680. The van der Waals surface area contributed by atoms with Gasteiger partial charge >= 0.3 is 5.97 Å². The molecule has 38 heavy (non-hydrogen) atoms. The molecule has 3 heterocycles. The molecule has 1 N–H and O–H groups in total. The van der Waals surface area contributed by atoms with E-state index in [1.807, 2.05) is 0 Å². The summed E-state index contributed by atoms with van der Waals surface area (Å²) in [7, 11) is 0. The molecule has 1 atom stereocenters. The Morgan fingerprint density at radius 1 is 1.29 bits per heavy atom. The molecule has 1 amide bonds. The van der Waals surface area contributed by atoms with Gasteiger partial charge in [-0.2, -0.15) is 0 Å². The number of hydrogen-bond donors (Lipinski definition) is 1. The van der Waals surface area contributed by atoms with Crippen molar-refractivity contribution < 1.29 is 28.6 Å². The van der Waals surface area contributed by atoms with E-state index >= 15 is 0 Å². The number of halogens is 1. The van der Waals surface area contributed by atoms with Crippen LogP contribution in [0.1, 0.15) is 50.0 Å². The number of ether oxygens (including phenoxy) is 2. The number of thiazole rings is 1. The smallest absolute Gasteiger partial charge is 0.350 e. The van der Waals surface area contributed by atoms with Gasteiger partial charge in [-0.1, -0.05) is 46.0 Å². The Morgan fingerprint density at radius 3 is 2.82 bits per heavy atom. The molecule has 0 radical (unpaired) electrons. The van der Waals surface area contributed by atoms with Crippen molar-refractivity contribution in [2.24, 2.45) is 0 Å². The van der Waals surface area contributed by atoms with E-state index in [1.165, 1.54) is 17.0 Å². The molecule has 5 rings (SSSR count). The maximum absolute atomic E-state index is 13.8. The van der Waals surface area contributed by atoms with Crippen LogP contribution in [0.15, 0.2) is 62.7 Å². The van der Waals surface area contributed by atoms with E-state index in [4.69, 9.17) is 13.9 Å². The molecule has 0 saturated heterocycles. The van der Waals surface area contributed by atoms with Gasteiger partial charge in [-0.15, -0.1) is 0 Å². The number of aromatic nitrogens is 1. The van der Waals surface area contributed by atoms with E-state index in [0.29, 0.717) is 27.7 Å². The van der Waals surface area contributed by atoms with Gasteiger partial charge < -0.3 is 19.0 Å². The number of esters is 1. The highest BCUT2D eigenvalue weighted by Crippen LogP contribution is 2.44. The zero-order valence-corrected chi connectivity index (χ0v) is 22.7.